The Balaban J connectivity index is 0.000000465. The molecule has 3 rings (SSSR count). The highest BCUT2D eigenvalue weighted by Gasteiger charge is 2.23. The topological polar surface area (TPSA) is 23.3 Å². The van der Waals surface area contributed by atoms with Crippen LogP contribution in [0, 0.1) is 13.8 Å². The molecule has 1 aromatic heterocycles. The molecule has 0 bridgehead atoms. The summed E-state index contributed by atoms with van der Waals surface area (Å²) in [5.41, 5.74) is 3.28. The first kappa shape index (κ1) is 20.8. The molecule has 1 unspecified atom stereocenters. The third-order valence-corrected chi connectivity index (χ3v) is 3.60. The summed E-state index contributed by atoms with van der Waals surface area (Å²) in [6.07, 6.45) is -5.51. The molecule has 1 atom stereocenters. The Labute approximate surface area is 150 Å². The smallest absolute Gasteiger partial charge is 0.418 e. The van der Waals surface area contributed by atoms with Crippen molar-refractivity contribution in [1.82, 2.24) is 0 Å². The summed E-state index contributed by atoms with van der Waals surface area (Å²) in [6.45, 7) is 3.69. The van der Waals surface area contributed by atoms with Crippen molar-refractivity contribution in [3.63, 3.8) is 0 Å². The van der Waals surface area contributed by atoms with E-state index in [1.807, 2.05) is 31.2 Å². The van der Waals surface area contributed by atoms with Gasteiger partial charge in [0, 0.05) is 12.1 Å². The fourth-order valence-corrected chi connectivity index (χ4v) is 2.48. The second-order valence-electron chi connectivity index (χ2n) is 5.83. The van der Waals surface area contributed by atoms with E-state index in [1.165, 1.54) is 0 Å². The maximum absolute atomic E-state index is 13.4. The number of rotatable bonds is 3. The maximum Gasteiger partial charge on any atom is 0.673 e. The first-order valence-electron chi connectivity index (χ1n) is 7.78. The summed E-state index contributed by atoms with van der Waals surface area (Å²) in [5.74, 6) is 0. The van der Waals surface area contributed by atoms with Gasteiger partial charge in [-0.25, -0.2) is 17.6 Å². The van der Waals surface area contributed by atoms with Crippen LogP contribution in [-0.4, -0.2) is 20.0 Å². The van der Waals surface area contributed by atoms with Crippen LogP contribution in [0.2, 0.25) is 0 Å². The minimum Gasteiger partial charge on any atom is -0.418 e. The van der Waals surface area contributed by atoms with Gasteiger partial charge in [0.25, 0.3) is 6.43 Å². The van der Waals surface area contributed by atoms with E-state index in [2.05, 4.69) is 5.32 Å². The van der Waals surface area contributed by atoms with Gasteiger partial charge < -0.3 is 22.6 Å². The number of benzene rings is 2. The second-order valence-corrected chi connectivity index (χ2v) is 5.83. The van der Waals surface area contributed by atoms with Crippen molar-refractivity contribution < 1.29 is 34.9 Å². The van der Waals surface area contributed by atoms with E-state index in [1.54, 1.807) is 19.1 Å². The Hall–Kier alpha value is -2.52. The van der Waals surface area contributed by atoms with E-state index in [9.17, 15) is 30.4 Å². The molecule has 1 heterocycles. The van der Waals surface area contributed by atoms with E-state index in [-0.39, 0.29) is 0 Å². The lowest BCUT2D eigenvalue weighted by molar-refractivity contribution is 0.0651. The number of fused-ring (bicyclic) bond motifs is 2. The molecule has 0 aliphatic heterocycles. The number of aryl methyl sites for hydroxylation is 2. The Morgan fingerprint density at radius 3 is 2.07 bits per heavy atom. The fourth-order valence-electron chi connectivity index (χ4n) is 2.48. The Morgan fingerprint density at radius 2 is 1.48 bits per heavy atom. The number of halogens is 7. The highest BCUT2D eigenvalue weighted by atomic mass is 19.5. The molecule has 0 aliphatic rings. The predicted octanol–water partition coefficient (Wildman–Crippen LogP) is 6.76. The van der Waals surface area contributed by atoms with Crippen LogP contribution in [0.4, 0.5) is 36.1 Å². The lowest BCUT2D eigenvalue weighted by Gasteiger charge is -2.13. The predicted molar refractivity (Wildman–Crippen MR) is 92.3 cm³/mol. The first-order valence-corrected chi connectivity index (χ1v) is 7.78. The van der Waals surface area contributed by atoms with E-state index in [0.29, 0.717) is 27.8 Å². The Kier molecular flexibility index (Phi) is 6.17. The molecule has 2 nitrogen and oxygen atoms in total. The van der Waals surface area contributed by atoms with Crippen molar-refractivity contribution in [3.05, 3.63) is 47.5 Å². The van der Waals surface area contributed by atoms with Gasteiger partial charge in [0.1, 0.15) is 5.39 Å². The first-order chi connectivity index (χ1) is 12.5. The van der Waals surface area contributed by atoms with Gasteiger partial charge in [-0.05, 0) is 49.2 Å². The minimum absolute atomic E-state index is 0.331. The molecule has 0 amide bonds. The maximum atomic E-state index is 13.4. The average Bonchev–Trinajstić information content (AvgIpc) is 2.54. The molecule has 27 heavy (non-hydrogen) atoms. The molecule has 0 fully saturated rings. The van der Waals surface area contributed by atoms with E-state index in [4.69, 9.17) is 4.42 Å². The van der Waals surface area contributed by atoms with Crippen LogP contribution in [-0.2, 0) is 0 Å². The standard InChI is InChI=1S/C17H15F3NO.BF4/c1-9-3-5-13-11(7-9)8-12-14(22-13)6-4-10(2)15(12)21-17(20)16(18)19;2-1(3,4)5/h3-8,16-17,21H,1-2H3;/q+1;-1. The van der Waals surface area contributed by atoms with Gasteiger partial charge in [0.15, 0.2) is 0 Å². The van der Waals surface area contributed by atoms with Crippen LogP contribution < -0.4 is 5.32 Å². The molecule has 0 spiro atoms. The monoisotopic (exact) mass is 393 g/mol. The number of hydrogen-bond acceptors (Lipinski definition) is 1. The highest BCUT2D eigenvalue weighted by molar-refractivity contribution is 6.50. The minimum atomic E-state index is -6.00. The van der Waals surface area contributed by atoms with Crippen LogP contribution in [0.15, 0.2) is 40.8 Å². The molecule has 10 heteroatoms. The fraction of sp³-hybridized carbons (Fsp3) is 0.235. The number of hydrogen-bond donors (Lipinski definition) is 1. The normalized spacial score (nSPS) is 12.8. The molecule has 0 radical (unpaired) electrons. The van der Waals surface area contributed by atoms with Crippen LogP contribution in [0.3, 0.4) is 0 Å². The third kappa shape index (κ3) is 5.73. The van der Waals surface area contributed by atoms with Crippen LogP contribution in [0.5, 0.6) is 0 Å². The molecule has 0 saturated heterocycles. The summed E-state index contributed by atoms with van der Waals surface area (Å²) in [6, 6.07) is 11.0. The molecular weight excluding hydrogens is 378 g/mol. The molecule has 3 aromatic rings. The largest absolute Gasteiger partial charge is 0.673 e. The molecule has 146 valence electrons. The molecule has 1 N–H and O–H groups in total. The van der Waals surface area contributed by atoms with Gasteiger partial charge >= 0.3 is 18.4 Å². The molecule has 2 aromatic carbocycles. The molecular formula is C17H15BF7NO. The second kappa shape index (κ2) is 8.02. The van der Waals surface area contributed by atoms with Gasteiger partial charge in [0.2, 0.25) is 6.30 Å². The quantitative estimate of drug-likeness (QED) is 0.175. The zero-order valence-electron chi connectivity index (χ0n) is 14.3. The molecule has 0 saturated carbocycles. The summed E-state index contributed by atoms with van der Waals surface area (Å²) >= 11 is 0. The van der Waals surface area contributed by atoms with E-state index < -0.39 is 20.0 Å². The van der Waals surface area contributed by atoms with Gasteiger partial charge in [-0.2, -0.15) is 0 Å². The Morgan fingerprint density at radius 1 is 0.889 bits per heavy atom. The number of alkyl halides is 3. The highest BCUT2D eigenvalue weighted by Crippen LogP contribution is 2.32. The molecule has 0 aliphatic carbocycles. The van der Waals surface area contributed by atoms with Gasteiger partial charge in [-0.3, -0.25) is 0 Å². The summed E-state index contributed by atoms with van der Waals surface area (Å²) in [4.78, 5) is 0. The van der Waals surface area contributed by atoms with Crippen molar-refractivity contribution in [2.75, 3.05) is 5.32 Å². The zero-order valence-corrected chi connectivity index (χ0v) is 14.3. The van der Waals surface area contributed by atoms with Gasteiger partial charge in [-0.15, -0.1) is 0 Å². The van der Waals surface area contributed by atoms with Crippen LogP contribution in [0.25, 0.3) is 21.9 Å². The lowest BCUT2D eigenvalue weighted by Crippen LogP contribution is -2.22. The SMILES string of the molecule is Cc1ccc2[o+]c3ccc(C)c(NC(F)C(F)F)c3cc2c1.F[B-](F)(F)F. The van der Waals surface area contributed by atoms with Crippen molar-refractivity contribution >= 4 is 34.9 Å². The summed E-state index contributed by atoms with van der Waals surface area (Å²) in [5, 5.41) is 3.68. The zero-order chi connectivity index (χ0) is 20.4. The number of nitrogens with one attached hydrogen (secondary N) is 1. The van der Waals surface area contributed by atoms with Crippen molar-refractivity contribution in [1.29, 1.82) is 0 Å². The number of anilines is 1. The van der Waals surface area contributed by atoms with Gasteiger partial charge in [-0.1, -0.05) is 0 Å². The van der Waals surface area contributed by atoms with Crippen molar-refractivity contribution in [2.24, 2.45) is 0 Å². The summed E-state index contributed by atoms with van der Waals surface area (Å²) in [7, 11) is -6.00. The van der Waals surface area contributed by atoms with E-state index >= 15 is 0 Å². The van der Waals surface area contributed by atoms with Crippen LogP contribution >= 0.6 is 0 Å². The average molecular weight is 393 g/mol. The van der Waals surface area contributed by atoms with Crippen molar-refractivity contribution in [2.45, 2.75) is 26.6 Å². The van der Waals surface area contributed by atoms with E-state index in [0.717, 1.165) is 10.9 Å². The third-order valence-electron chi connectivity index (χ3n) is 3.60. The summed E-state index contributed by atoms with van der Waals surface area (Å²) < 4.78 is 83.2. The van der Waals surface area contributed by atoms with Crippen molar-refractivity contribution in [3.8, 4) is 0 Å². The van der Waals surface area contributed by atoms with Gasteiger partial charge in [0.05, 0.1) is 11.1 Å². The lowest BCUT2D eigenvalue weighted by atomic mass is 10.1. The Bertz CT molecular complexity index is 940. The van der Waals surface area contributed by atoms with Crippen LogP contribution in [0.1, 0.15) is 11.1 Å².